The van der Waals surface area contributed by atoms with Crippen LogP contribution < -0.4 is 4.74 Å². The van der Waals surface area contributed by atoms with E-state index in [2.05, 4.69) is 0 Å². The van der Waals surface area contributed by atoms with Crippen molar-refractivity contribution >= 4 is 40.8 Å². The van der Waals surface area contributed by atoms with Crippen LogP contribution in [0.2, 0.25) is 15.1 Å². The number of carbonyl (C=O) groups is 1. The molecule has 0 radical (unpaired) electrons. The highest BCUT2D eigenvalue weighted by Gasteiger charge is 2.14. The lowest BCUT2D eigenvalue weighted by molar-refractivity contribution is 0.0735. The second-order valence-electron chi connectivity index (χ2n) is 3.44. The van der Waals surface area contributed by atoms with Gasteiger partial charge < -0.3 is 4.74 Å². The Morgan fingerprint density at radius 2 is 1.67 bits per heavy atom. The summed E-state index contributed by atoms with van der Waals surface area (Å²) in [6, 6.07) is 11.2. The lowest BCUT2D eigenvalue weighted by Gasteiger charge is -2.07. The third-order valence-corrected chi connectivity index (χ3v) is 3.07. The van der Waals surface area contributed by atoms with Gasteiger partial charge in [-0.05, 0) is 24.3 Å². The monoisotopic (exact) mass is 300 g/mol. The van der Waals surface area contributed by atoms with Crippen LogP contribution in [0.4, 0.5) is 0 Å². The Kier molecular flexibility index (Phi) is 4.12. The Labute approximate surface area is 119 Å². The fourth-order valence-corrected chi connectivity index (χ4v) is 1.87. The molecule has 0 heterocycles. The molecular weight excluding hydrogens is 294 g/mol. The number of benzene rings is 2. The number of carbonyl (C=O) groups excluding carboxylic acids is 1. The number of hydrogen-bond acceptors (Lipinski definition) is 2. The van der Waals surface area contributed by atoms with Gasteiger partial charge in [-0.3, -0.25) is 0 Å². The Balaban J connectivity index is 2.27. The SMILES string of the molecule is O=C(Oc1cc(Cl)ccc1Cl)c1ccccc1Cl. The maximum atomic E-state index is 11.9. The zero-order valence-electron chi connectivity index (χ0n) is 8.99. The fraction of sp³-hybridized carbons (Fsp3) is 0. The summed E-state index contributed by atoms with van der Waals surface area (Å²) in [5.41, 5.74) is 0.273. The van der Waals surface area contributed by atoms with E-state index >= 15 is 0 Å². The average molecular weight is 302 g/mol. The standard InChI is InChI=1S/C13H7Cl3O2/c14-8-5-6-11(16)12(7-8)18-13(17)9-3-1-2-4-10(9)15/h1-7H. The zero-order chi connectivity index (χ0) is 13.1. The number of rotatable bonds is 2. The number of ether oxygens (including phenoxy) is 1. The van der Waals surface area contributed by atoms with Crippen molar-refractivity contribution in [3.05, 3.63) is 63.1 Å². The number of esters is 1. The molecule has 0 bridgehead atoms. The van der Waals surface area contributed by atoms with Gasteiger partial charge in [0.05, 0.1) is 15.6 Å². The second-order valence-corrected chi connectivity index (χ2v) is 4.69. The quantitative estimate of drug-likeness (QED) is 0.584. The molecule has 0 aliphatic heterocycles. The molecule has 0 amide bonds. The van der Waals surface area contributed by atoms with E-state index in [1.807, 2.05) is 0 Å². The Hall–Kier alpha value is -1.22. The summed E-state index contributed by atoms with van der Waals surface area (Å²) in [6.45, 7) is 0. The van der Waals surface area contributed by atoms with Gasteiger partial charge >= 0.3 is 5.97 Å². The molecule has 2 aromatic rings. The summed E-state index contributed by atoms with van der Waals surface area (Å²) in [6.07, 6.45) is 0. The van der Waals surface area contributed by atoms with Gasteiger partial charge in [0.25, 0.3) is 0 Å². The van der Waals surface area contributed by atoms with E-state index in [-0.39, 0.29) is 11.3 Å². The molecule has 0 unspecified atom stereocenters. The molecular formula is C13H7Cl3O2. The second kappa shape index (κ2) is 5.61. The van der Waals surface area contributed by atoms with Gasteiger partial charge in [0.1, 0.15) is 0 Å². The molecule has 2 aromatic carbocycles. The van der Waals surface area contributed by atoms with E-state index in [4.69, 9.17) is 39.5 Å². The first kappa shape index (κ1) is 13.2. The summed E-state index contributed by atoms with van der Waals surface area (Å²) < 4.78 is 5.15. The first-order valence-electron chi connectivity index (χ1n) is 4.99. The predicted octanol–water partition coefficient (Wildman–Crippen LogP) is 4.87. The van der Waals surface area contributed by atoms with Gasteiger partial charge in [-0.1, -0.05) is 46.9 Å². The van der Waals surface area contributed by atoms with E-state index in [1.54, 1.807) is 36.4 Å². The molecule has 0 atom stereocenters. The first-order chi connectivity index (χ1) is 8.58. The smallest absolute Gasteiger partial charge is 0.345 e. The largest absolute Gasteiger partial charge is 0.421 e. The summed E-state index contributed by atoms with van der Waals surface area (Å²) in [5.74, 6) is -0.376. The van der Waals surface area contributed by atoms with Crippen molar-refractivity contribution in [2.45, 2.75) is 0 Å². The van der Waals surface area contributed by atoms with Crippen LogP contribution in [0.1, 0.15) is 10.4 Å². The van der Waals surface area contributed by atoms with Gasteiger partial charge in [-0.25, -0.2) is 4.79 Å². The van der Waals surface area contributed by atoms with Gasteiger partial charge in [0.2, 0.25) is 0 Å². The van der Waals surface area contributed by atoms with Crippen molar-refractivity contribution in [3.8, 4) is 5.75 Å². The Morgan fingerprint density at radius 1 is 0.944 bits per heavy atom. The zero-order valence-corrected chi connectivity index (χ0v) is 11.3. The molecule has 0 aliphatic rings. The molecule has 18 heavy (non-hydrogen) atoms. The van der Waals surface area contributed by atoms with Gasteiger partial charge in [-0.15, -0.1) is 0 Å². The maximum Gasteiger partial charge on any atom is 0.345 e. The van der Waals surface area contributed by atoms with Crippen LogP contribution in [-0.4, -0.2) is 5.97 Å². The summed E-state index contributed by atoms with van der Waals surface area (Å²) in [4.78, 5) is 11.9. The Bertz CT molecular complexity index is 597. The fourth-order valence-electron chi connectivity index (χ4n) is 1.34. The van der Waals surface area contributed by atoms with Gasteiger partial charge in [0, 0.05) is 11.1 Å². The molecule has 0 aromatic heterocycles. The molecule has 0 aliphatic carbocycles. The molecule has 92 valence electrons. The molecule has 2 rings (SSSR count). The van der Waals surface area contributed by atoms with E-state index in [0.29, 0.717) is 15.1 Å². The van der Waals surface area contributed by atoms with Crippen molar-refractivity contribution < 1.29 is 9.53 Å². The first-order valence-corrected chi connectivity index (χ1v) is 6.13. The van der Waals surface area contributed by atoms with Crippen LogP contribution in [0.5, 0.6) is 5.75 Å². The normalized spacial score (nSPS) is 10.2. The summed E-state index contributed by atoms with van der Waals surface area (Å²) in [5, 5.41) is 1.06. The molecule has 0 fully saturated rings. The van der Waals surface area contributed by atoms with Crippen molar-refractivity contribution in [1.29, 1.82) is 0 Å². The number of hydrogen-bond donors (Lipinski definition) is 0. The van der Waals surface area contributed by atoms with E-state index < -0.39 is 5.97 Å². The topological polar surface area (TPSA) is 26.3 Å². The van der Waals surface area contributed by atoms with Crippen molar-refractivity contribution in [1.82, 2.24) is 0 Å². The highest BCUT2D eigenvalue weighted by Crippen LogP contribution is 2.29. The third-order valence-electron chi connectivity index (χ3n) is 2.19. The van der Waals surface area contributed by atoms with Gasteiger partial charge in [-0.2, -0.15) is 0 Å². The highest BCUT2D eigenvalue weighted by atomic mass is 35.5. The highest BCUT2D eigenvalue weighted by molar-refractivity contribution is 6.35. The molecule has 2 nitrogen and oxygen atoms in total. The Morgan fingerprint density at radius 3 is 2.39 bits per heavy atom. The minimum Gasteiger partial charge on any atom is -0.421 e. The molecule has 0 saturated carbocycles. The van der Waals surface area contributed by atoms with Crippen LogP contribution in [0.15, 0.2) is 42.5 Å². The predicted molar refractivity (Wildman–Crippen MR) is 72.9 cm³/mol. The van der Waals surface area contributed by atoms with E-state index in [0.717, 1.165) is 0 Å². The lowest BCUT2D eigenvalue weighted by atomic mass is 10.2. The minimum absolute atomic E-state index is 0.203. The number of halogens is 3. The average Bonchev–Trinajstić information content (AvgIpc) is 2.34. The lowest BCUT2D eigenvalue weighted by Crippen LogP contribution is -2.09. The van der Waals surface area contributed by atoms with Gasteiger partial charge in [0.15, 0.2) is 5.75 Å². The van der Waals surface area contributed by atoms with Crippen molar-refractivity contribution in [2.24, 2.45) is 0 Å². The molecule has 5 heteroatoms. The minimum atomic E-state index is -0.579. The molecule has 0 saturated heterocycles. The van der Waals surface area contributed by atoms with Crippen LogP contribution in [0.25, 0.3) is 0 Å². The molecule has 0 N–H and O–H groups in total. The summed E-state index contributed by atoms with van der Waals surface area (Å²) in [7, 11) is 0. The van der Waals surface area contributed by atoms with Crippen LogP contribution >= 0.6 is 34.8 Å². The summed E-state index contributed by atoms with van der Waals surface area (Å²) >= 11 is 17.6. The molecule has 0 spiro atoms. The van der Waals surface area contributed by atoms with Crippen LogP contribution in [-0.2, 0) is 0 Å². The van der Waals surface area contributed by atoms with Crippen molar-refractivity contribution in [3.63, 3.8) is 0 Å². The van der Waals surface area contributed by atoms with Crippen LogP contribution in [0.3, 0.4) is 0 Å². The maximum absolute atomic E-state index is 11.9. The van der Waals surface area contributed by atoms with E-state index in [9.17, 15) is 4.79 Å². The van der Waals surface area contributed by atoms with Crippen LogP contribution in [0, 0.1) is 0 Å². The van der Waals surface area contributed by atoms with E-state index in [1.165, 1.54) is 6.07 Å². The third kappa shape index (κ3) is 2.96. The van der Waals surface area contributed by atoms with Crippen molar-refractivity contribution in [2.75, 3.05) is 0 Å².